The lowest BCUT2D eigenvalue weighted by Gasteiger charge is -2.15. The van der Waals surface area contributed by atoms with Gasteiger partial charge in [0.05, 0.1) is 16.2 Å². The summed E-state index contributed by atoms with van der Waals surface area (Å²) in [7, 11) is -2.22. The standard InChI is InChI=1S/C19H15BrN6O4S2/c1-26-15(6-7-23-26)13-8-11(20)2-4-16(13)30-17-5-3-12(9-14(17)18(21)27)32(28,29)25-19-22-10-24-31-19/h2-10H,1H3,(H2,21,27)(H,22,24,25). The first-order valence-corrected chi connectivity index (χ1v) is 12.0. The Hall–Kier alpha value is -3.29. The molecular weight excluding hydrogens is 520 g/mol. The highest BCUT2D eigenvalue weighted by atomic mass is 79.9. The molecule has 0 aliphatic carbocycles. The summed E-state index contributed by atoms with van der Waals surface area (Å²) >= 11 is 4.33. The van der Waals surface area contributed by atoms with Crippen LogP contribution in [0, 0.1) is 0 Å². The van der Waals surface area contributed by atoms with Gasteiger partial charge in [0.1, 0.15) is 17.8 Å². The summed E-state index contributed by atoms with van der Waals surface area (Å²) in [6.45, 7) is 0. The predicted octanol–water partition coefficient (Wildman–Crippen LogP) is 3.39. The fourth-order valence-electron chi connectivity index (χ4n) is 2.90. The molecule has 2 aromatic carbocycles. The maximum Gasteiger partial charge on any atom is 0.263 e. The Labute approximate surface area is 195 Å². The summed E-state index contributed by atoms with van der Waals surface area (Å²) < 4.78 is 39.9. The maximum atomic E-state index is 12.6. The van der Waals surface area contributed by atoms with Gasteiger partial charge in [0, 0.05) is 34.8 Å². The normalized spacial score (nSPS) is 11.3. The van der Waals surface area contributed by atoms with Gasteiger partial charge in [0.25, 0.3) is 15.9 Å². The van der Waals surface area contributed by atoms with Crippen LogP contribution in [0.4, 0.5) is 5.13 Å². The number of carbonyl (C=O) groups excluding carboxylic acids is 1. The van der Waals surface area contributed by atoms with Crippen LogP contribution in [0.3, 0.4) is 0 Å². The van der Waals surface area contributed by atoms with E-state index >= 15 is 0 Å². The number of carbonyl (C=O) groups is 1. The molecule has 0 radical (unpaired) electrons. The van der Waals surface area contributed by atoms with Crippen molar-refractivity contribution in [2.45, 2.75) is 4.90 Å². The van der Waals surface area contributed by atoms with Crippen molar-refractivity contribution in [3.63, 3.8) is 0 Å². The molecule has 0 unspecified atom stereocenters. The van der Waals surface area contributed by atoms with Crippen LogP contribution in [0.2, 0.25) is 0 Å². The van der Waals surface area contributed by atoms with Gasteiger partial charge in [-0.2, -0.15) is 9.47 Å². The molecule has 0 spiro atoms. The number of nitrogens with zero attached hydrogens (tertiary/aromatic N) is 4. The van der Waals surface area contributed by atoms with Gasteiger partial charge in [-0.25, -0.2) is 13.4 Å². The molecule has 10 nitrogen and oxygen atoms in total. The molecule has 13 heteroatoms. The minimum Gasteiger partial charge on any atom is -0.456 e. The quantitative estimate of drug-likeness (QED) is 0.369. The van der Waals surface area contributed by atoms with Crippen LogP contribution in [0.5, 0.6) is 11.5 Å². The molecule has 0 saturated heterocycles. The van der Waals surface area contributed by atoms with E-state index in [0.717, 1.165) is 27.8 Å². The van der Waals surface area contributed by atoms with E-state index in [2.05, 4.69) is 35.1 Å². The summed E-state index contributed by atoms with van der Waals surface area (Å²) in [5, 5.41) is 4.27. The number of hydrogen-bond donors (Lipinski definition) is 2. The summed E-state index contributed by atoms with van der Waals surface area (Å²) in [5.74, 6) is -0.299. The Morgan fingerprint density at radius 2 is 1.97 bits per heavy atom. The van der Waals surface area contributed by atoms with Crippen LogP contribution in [0.15, 0.2) is 64.4 Å². The van der Waals surface area contributed by atoms with E-state index in [1.54, 1.807) is 30.1 Å². The van der Waals surface area contributed by atoms with E-state index in [1.165, 1.54) is 18.5 Å². The van der Waals surface area contributed by atoms with Crippen LogP contribution in [0.1, 0.15) is 10.4 Å². The lowest BCUT2D eigenvalue weighted by molar-refractivity contribution is 0.0998. The average Bonchev–Trinajstić information content (AvgIpc) is 3.40. The SMILES string of the molecule is Cn1nccc1-c1cc(Br)ccc1Oc1ccc(S(=O)(=O)Nc2ncns2)cc1C(N)=O. The molecule has 4 rings (SSSR count). The third kappa shape index (κ3) is 4.49. The molecule has 0 aliphatic rings. The van der Waals surface area contributed by atoms with Crippen molar-refractivity contribution in [2.24, 2.45) is 12.8 Å². The molecule has 2 heterocycles. The number of primary amides is 1. The highest BCUT2D eigenvalue weighted by Crippen LogP contribution is 2.37. The number of hydrogen-bond acceptors (Lipinski definition) is 8. The number of anilines is 1. The summed E-state index contributed by atoms with van der Waals surface area (Å²) in [6.07, 6.45) is 2.88. The monoisotopic (exact) mass is 534 g/mol. The van der Waals surface area contributed by atoms with E-state index in [-0.39, 0.29) is 21.3 Å². The molecule has 0 aliphatic heterocycles. The topological polar surface area (TPSA) is 142 Å². The van der Waals surface area contributed by atoms with Crippen LogP contribution < -0.4 is 15.2 Å². The van der Waals surface area contributed by atoms with Gasteiger partial charge >= 0.3 is 0 Å². The van der Waals surface area contributed by atoms with Crippen molar-refractivity contribution in [2.75, 3.05) is 4.72 Å². The molecular formula is C19H15BrN6O4S2. The van der Waals surface area contributed by atoms with Gasteiger partial charge in [-0.3, -0.25) is 14.2 Å². The number of aromatic nitrogens is 4. The highest BCUT2D eigenvalue weighted by molar-refractivity contribution is 9.10. The smallest absolute Gasteiger partial charge is 0.263 e. The Morgan fingerprint density at radius 3 is 2.62 bits per heavy atom. The summed E-state index contributed by atoms with van der Waals surface area (Å²) in [6, 6.07) is 11.0. The van der Waals surface area contributed by atoms with Crippen LogP contribution in [0.25, 0.3) is 11.3 Å². The van der Waals surface area contributed by atoms with Crippen molar-refractivity contribution in [1.29, 1.82) is 0 Å². The number of aryl methyl sites for hydroxylation is 1. The first-order chi connectivity index (χ1) is 15.2. The fraction of sp³-hybridized carbons (Fsp3) is 0.0526. The van der Waals surface area contributed by atoms with E-state index in [1.807, 2.05) is 12.1 Å². The molecule has 164 valence electrons. The Bertz CT molecular complexity index is 1400. The maximum absolute atomic E-state index is 12.6. The van der Waals surface area contributed by atoms with Crippen LogP contribution in [-0.2, 0) is 17.1 Å². The molecule has 0 atom stereocenters. The number of nitrogens with one attached hydrogen (secondary N) is 1. The zero-order valence-electron chi connectivity index (χ0n) is 16.4. The van der Waals surface area contributed by atoms with Crippen molar-refractivity contribution in [3.05, 3.63) is 65.0 Å². The molecule has 1 amide bonds. The second kappa shape index (κ2) is 8.68. The average molecular weight is 535 g/mol. The lowest BCUT2D eigenvalue weighted by Crippen LogP contribution is -2.16. The number of rotatable bonds is 7. The van der Waals surface area contributed by atoms with Gasteiger partial charge in [-0.1, -0.05) is 15.9 Å². The lowest BCUT2D eigenvalue weighted by atomic mass is 10.1. The first-order valence-electron chi connectivity index (χ1n) is 8.94. The van der Waals surface area contributed by atoms with E-state index in [9.17, 15) is 13.2 Å². The van der Waals surface area contributed by atoms with Crippen molar-refractivity contribution in [1.82, 2.24) is 19.1 Å². The number of benzene rings is 2. The number of sulfonamides is 1. The van der Waals surface area contributed by atoms with E-state index < -0.39 is 15.9 Å². The van der Waals surface area contributed by atoms with Gasteiger partial charge in [-0.15, -0.1) is 0 Å². The second-order valence-electron chi connectivity index (χ2n) is 6.46. The number of halogens is 1. The van der Waals surface area contributed by atoms with Crippen molar-refractivity contribution >= 4 is 48.5 Å². The first kappa shape index (κ1) is 21.9. The van der Waals surface area contributed by atoms with E-state index in [4.69, 9.17) is 10.5 Å². The van der Waals surface area contributed by atoms with Gasteiger partial charge in [0.2, 0.25) is 5.13 Å². The third-order valence-corrected chi connectivity index (χ3v) is 6.91. The number of nitrogens with two attached hydrogens (primary N) is 1. The minimum atomic E-state index is -4.01. The molecule has 32 heavy (non-hydrogen) atoms. The predicted molar refractivity (Wildman–Crippen MR) is 122 cm³/mol. The molecule has 3 N–H and O–H groups in total. The minimum absolute atomic E-state index is 0.0935. The van der Waals surface area contributed by atoms with Gasteiger partial charge < -0.3 is 10.5 Å². The molecule has 0 fully saturated rings. The zero-order valence-corrected chi connectivity index (χ0v) is 19.6. The van der Waals surface area contributed by atoms with Crippen LogP contribution >= 0.6 is 27.5 Å². The number of ether oxygens (including phenoxy) is 1. The van der Waals surface area contributed by atoms with Crippen LogP contribution in [-0.4, -0.2) is 33.5 Å². The molecule has 4 aromatic rings. The van der Waals surface area contributed by atoms with Gasteiger partial charge in [-0.05, 0) is 42.5 Å². The Kier molecular flexibility index (Phi) is 5.95. The summed E-state index contributed by atoms with van der Waals surface area (Å²) in [5.41, 5.74) is 6.92. The molecule has 0 bridgehead atoms. The Morgan fingerprint density at radius 1 is 1.19 bits per heavy atom. The third-order valence-electron chi connectivity index (χ3n) is 4.37. The summed E-state index contributed by atoms with van der Waals surface area (Å²) in [4.78, 5) is 15.7. The van der Waals surface area contributed by atoms with E-state index in [0.29, 0.717) is 11.3 Å². The largest absolute Gasteiger partial charge is 0.456 e. The highest BCUT2D eigenvalue weighted by Gasteiger charge is 2.21. The van der Waals surface area contributed by atoms with Crippen molar-refractivity contribution in [3.8, 4) is 22.8 Å². The second-order valence-corrected chi connectivity index (χ2v) is 9.83. The fourth-order valence-corrected chi connectivity index (χ4v) is 4.95. The molecule has 2 aromatic heterocycles. The Balaban J connectivity index is 1.73. The van der Waals surface area contributed by atoms with Gasteiger partial charge in [0.15, 0.2) is 0 Å². The number of amides is 1. The molecule has 0 saturated carbocycles. The van der Waals surface area contributed by atoms with Crippen molar-refractivity contribution < 1.29 is 17.9 Å². The zero-order chi connectivity index (χ0) is 22.9.